The lowest BCUT2D eigenvalue weighted by molar-refractivity contribution is 0.0324. The first-order chi connectivity index (χ1) is 5.83. The fourth-order valence-corrected chi connectivity index (χ4v) is 1.34. The van der Waals surface area contributed by atoms with Crippen molar-refractivity contribution < 1.29 is 9.84 Å². The molecule has 74 valence electrons. The normalized spacial score (nSPS) is 28.0. The second-order valence-electron chi connectivity index (χ2n) is 2.79. The summed E-state index contributed by atoms with van der Waals surface area (Å²) in [4.78, 5) is 0. The molecule has 0 amide bonds. The summed E-state index contributed by atoms with van der Waals surface area (Å²) in [5, 5.41) is 8.44. The lowest BCUT2D eigenvalue weighted by Gasteiger charge is -2.08. The fraction of sp³-hybridized carbons (Fsp3) is 1.00. The van der Waals surface area contributed by atoms with E-state index in [0.29, 0.717) is 18.8 Å². The first kappa shape index (κ1) is 11.9. The molecule has 0 heterocycles. The second-order valence-corrected chi connectivity index (χ2v) is 2.79. The van der Waals surface area contributed by atoms with Crippen LogP contribution < -0.4 is 5.73 Å². The van der Waals surface area contributed by atoms with Gasteiger partial charge in [-0.25, -0.2) is 0 Å². The highest BCUT2D eigenvalue weighted by atomic mass is 16.5. The Morgan fingerprint density at radius 2 is 2.08 bits per heavy atom. The zero-order valence-corrected chi connectivity index (χ0v) is 8.12. The standard InChI is InChI=1S/C7H15NO2.C2H6/c8-6-1-2-7(5-6)10-4-3-9;1-2/h6-7,9H,1-5,8H2;1-2H3/t6-,7?;/m0./s1. The van der Waals surface area contributed by atoms with Gasteiger partial charge in [-0.1, -0.05) is 13.8 Å². The van der Waals surface area contributed by atoms with Gasteiger partial charge in [-0.05, 0) is 19.3 Å². The number of nitrogens with two attached hydrogens (primary N) is 1. The number of hydrogen-bond acceptors (Lipinski definition) is 3. The quantitative estimate of drug-likeness (QED) is 0.670. The van der Waals surface area contributed by atoms with E-state index in [-0.39, 0.29) is 6.61 Å². The maximum absolute atomic E-state index is 8.44. The molecule has 1 saturated carbocycles. The van der Waals surface area contributed by atoms with Crippen molar-refractivity contribution in [3.05, 3.63) is 0 Å². The first-order valence-electron chi connectivity index (χ1n) is 4.81. The summed E-state index contributed by atoms with van der Waals surface area (Å²) in [6, 6.07) is 0.323. The summed E-state index contributed by atoms with van der Waals surface area (Å²) < 4.78 is 5.29. The molecule has 0 bridgehead atoms. The van der Waals surface area contributed by atoms with Crippen molar-refractivity contribution >= 4 is 0 Å². The largest absolute Gasteiger partial charge is 0.394 e. The van der Waals surface area contributed by atoms with Crippen LogP contribution in [0, 0.1) is 0 Å². The molecular formula is C9H21NO2. The van der Waals surface area contributed by atoms with E-state index in [0.717, 1.165) is 19.3 Å². The summed E-state index contributed by atoms with van der Waals surface area (Å²) in [6.07, 6.45) is 3.39. The van der Waals surface area contributed by atoms with Crippen LogP contribution in [0.15, 0.2) is 0 Å². The highest BCUT2D eigenvalue weighted by molar-refractivity contribution is 4.77. The van der Waals surface area contributed by atoms with E-state index >= 15 is 0 Å². The highest BCUT2D eigenvalue weighted by Gasteiger charge is 2.21. The summed E-state index contributed by atoms with van der Waals surface area (Å²) in [5.41, 5.74) is 5.65. The van der Waals surface area contributed by atoms with Crippen molar-refractivity contribution in [2.45, 2.75) is 45.3 Å². The third kappa shape index (κ3) is 4.70. The van der Waals surface area contributed by atoms with Crippen LogP contribution in [0.25, 0.3) is 0 Å². The molecule has 1 aliphatic rings. The smallest absolute Gasteiger partial charge is 0.0701 e. The third-order valence-corrected chi connectivity index (χ3v) is 1.87. The number of aliphatic hydroxyl groups is 1. The van der Waals surface area contributed by atoms with Gasteiger partial charge in [0, 0.05) is 6.04 Å². The maximum atomic E-state index is 8.44. The van der Waals surface area contributed by atoms with Gasteiger partial charge in [0.05, 0.1) is 19.3 Å². The Bertz CT molecular complexity index is 98.5. The van der Waals surface area contributed by atoms with Crippen LogP contribution in [0.4, 0.5) is 0 Å². The monoisotopic (exact) mass is 175 g/mol. The number of rotatable bonds is 3. The Hall–Kier alpha value is -0.120. The van der Waals surface area contributed by atoms with Crippen LogP contribution in [0.3, 0.4) is 0 Å². The zero-order valence-electron chi connectivity index (χ0n) is 8.12. The Kier molecular flexibility index (Phi) is 7.45. The molecule has 3 N–H and O–H groups in total. The van der Waals surface area contributed by atoms with Crippen LogP contribution in [-0.4, -0.2) is 30.5 Å². The van der Waals surface area contributed by atoms with Gasteiger partial charge >= 0.3 is 0 Å². The molecular weight excluding hydrogens is 154 g/mol. The first-order valence-corrected chi connectivity index (χ1v) is 4.81. The summed E-state index contributed by atoms with van der Waals surface area (Å²) >= 11 is 0. The molecule has 0 saturated heterocycles. The molecule has 2 atom stereocenters. The van der Waals surface area contributed by atoms with E-state index in [1.807, 2.05) is 13.8 Å². The van der Waals surface area contributed by atoms with E-state index in [1.54, 1.807) is 0 Å². The van der Waals surface area contributed by atoms with Crippen molar-refractivity contribution in [1.29, 1.82) is 0 Å². The fourth-order valence-electron chi connectivity index (χ4n) is 1.34. The van der Waals surface area contributed by atoms with Crippen molar-refractivity contribution in [3.63, 3.8) is 0 Å². The molecule has 1 rings (SSSR count). The van der Waals surface area contributed by atoms with Gasteiger partial charge in [-0.3, -0.25) is 0 Å². The molecule has 0 aliphatic heterocycles. The van der Waals surface area contributed by atoms with Crippen LogP contribution in [0.1, 0.15) is 33.1 Å². The minimum absolute atomic E-state index is 0.117. The van der Waals surface area contributed by atoms with Gasteiger partial charge in [0.25, 0.3) is 0 Å². The molecule has 12 heavy (non-hydrogen) atoms. The summed E-state index contributed by atoms with van der Waals surface area (Å²) in [5.74, 6) is 0. The Morgan fingerprint density at radius 3 is 2.50 bits per heavy atom. The molecule has 1 fully saturated rings. The predicted molar refractivity (Wildman–Crippen MR) is 50.0 cm³/mol. The SMILES string of the molecule is CC.N[C@H]1CCC(OCCO)C1. The van der Waals surface area contributed by atoms with Gasteiger partial charge in [0.2, 0.25) is 0 Å². The number of ether oxygens (including phenoxy) is 1. The van der Waals surface area contributed by atoms with E-state index in [9.17, 15) is 0 Å². The molecule has 1 aliphatic carbocycles. The zero-order chi connectivity index (χ0) is 9.40. The Balaban J connectivity index is 0.000000561. The molecule has 0 aromatic carbocycles. The van der Waals surface area contributed by atoms with Crippen LogP contribution >= 0.6 is 0 Å². The van der Waals surface area contributed by atoms with E-state index in [4.69, 9.17) is 15.6 Å². The van der Waals surface area contributed by atoms with E-state index in [1.165, 1.54) is 0 Å². The lowest BCUT2D eigenvalue weighted by atomic mass is 10.3. The minimum atomic E-state index is 0.117. The summed E-state index contributed by atoms with van der Waals surface area (Å²) in [6.45, 7) is 4.57. The van der Waals surface area contributed by atoms with Crippen LogP contribution in [0.5, 0.6) is 0 Å². The lowest BCUT2D eigenvalue weighted by Crippen LogP contribution is -2.18. The average molecular weight is 175 g/mol. The van der Waals surface area contributed by atoms with Crippen molar-refractivity contribution in [2.24, 2.45) is 5.73 Å². The van der Waals surface area contributed by atoms with Gasteiger partial charge in [0.15, 0.2) is 0 Å². The number of hydrogen-bond donors (Lipinski definition) is 2. The minimum Gasteiger partial charge on any atom is -0.394 e. The number of aliphatic hydroxyl groups excluding tert-OH is 1. The molecule has 3 nitrogen and oxygen atoms in total. The van der Waals surface area contributed by atoms with Gasteiger partial charge in [-0.15, -0.1) is 0 Å². The summed E-state index contributed by atoms with van der Waals surface area (Å²) in [7, 11) is 0. The van der Waals surface area contributed by atoms with Crippen LogP contribution in [-0.2, 0) is 4.74 Å². The molecule has 0 radical (unpaired) electrons. The van der Waals surface area contributed by atoms with Crippen molar-refractivity contribution in [1.82, 2.24) is 0 Å². The highest BCUT2D eigenvalue weighted by Crippen LogP contribution is 2.19. The Labute approximate surface area is 74.9 Å². The molecule has 0 spiro atoms. The second kappa shape index (κ2) is 7.53. The maximum Gasteiger partial charge on any atom is 0.0701 e. The van der Waals surface area contributed by atoms with Gasteiger partial charge in [-0.2, -0.15) is 0 Å². The predicted octanol–water partition coefficient (Wildman–Crippen LogP) is 0.901. The van der Waals surface area contributed by atoms with Crippen molar-refractivity contribution in [3.8, 4) is 0 Å². The van der Waals surface area contributed by atoms with Crippen molar-refractivity contribution in [2.75, 3.05) is 13.2 Å². The van der Waals surface area contributed by atoms with Crippen LogP contribution in [0.2, 0.25) is 0 Å². The molecule has 0 aromatic rings. The average Bonchev–Trinajstić information content (AvgIpc) is 2.51. The van der Waals surface area contributed by atoms with E-state index < -0.39 is 0 Å². The molecule has 1 unspecified atom stereocenters. The topological polar surface area (TPSA) is 55.5 Å². The van der Waals surface area contributed by atoms with Gasteiger partial charge in [0.1, 0.15) is 0 Å². The van der Waals surface area contributed by atoms with Gasteiger partial charge < -0.3 is 15.6 Å². The van der Waals surface area contributed by atoms with E-state index in [2.05, 4.69) is 0 Å². The molecule has 0 aromatic heterocycles. The third-order valence-electron chi connectivity index (χ3n) is 1.87. The molecule has 3 heteroatoms. The Morgan fingerprint density at radius 1 is 1.42 bits per heavy atom.